The number of fused-ring (bicyclic) bond motifs is 3. The first-order chi connectivity index (χ1) is 17.3. The second kappa shape index (κ2) is 12.1. The van der Waals surface area contributed by atoms with E-state index in [0.29, 0.717) is 31.8 Å². The van der Waals surface area contributed by atoms with Gasteiger partial charge in [-0.25, -0.2) is 13.2 Å². The van der Waals surface area contributed by atoms with E-state index in [1.807, 2.05) is 13.8 Å². The first kappa shape index (κ1) is 27.2. The van der Waals surface area contributed by atoms with E-state index in [1.54, 1.807) is 31.4 Å². The first-order valence-corrected chi connectivity index (χ1v) is 14.6. The van der Waals surface area contributed by atoms with E-state index in [0.717, 1.165) is 38.7 Å². The number of nitrogens with one attached hydrogen (secondary N) is 1. The average molecular weight is 525 g/mol. The van der Waals surface area contributed by atoms with Crippen molar-refractivity contribution in [2.24, 2.45) is 17.8 Å². The second-order valence-electron chi connectivity index (χ2n) is 10.4. The van der Waals surface area contributed by atoms with Gasteiger partial charge in [-0.1, -0.05) is 13.8 Å². The molecule has 0 bridgehead atoms. The number of ether oxygens (including phenoxy) is 4. The van der Waals surface area contributed by atoms with Crippen molar-refractivity contribution in [1.82, 2.24) is 9.62 Å². The van der Waals surface area contributed by atoms with Gasteiger partial charge in [0.05, 0.1) is 18.1 Å². The maximum atomic E-state index is 13.2. The molecule has 36 heavy (non-hydrogen) atoms. The van der Waals surface area contributed by atoms with Crippen LogP contribution in [0.4, 0.5) is 4.79 Å². The van der Waals surface area contributed by atoms with E-state index in [1.165, 1.54) is 4.31 Å². The number of nitrogens with zero attached hydrogens (tertiary/aromatic N) is 1. The maximum Gasteiger partial charge on any atom is 0.407 e. The largest absolute Gasteiger partial charge is 0.497 e. The number of hydrogen-bond acceptors (Lipinski definition) is 7. The lowest BCUT2D eigenvalue weighted by atomic mass is 9.75. The number of methoxy groups -OCH3 is 1. The molecule has 5 atom stereocenters. The number of sulfonamides is 1. The van der Waals surface area contributed by atoms with Crippen LogP contribution in [0.2, 0.25) is 0 Å². The molecule has 2 saturated heterocycles. The van der Waals surface area contributed by atoms with Crippen molar-refractivity contribution in [3.8, 4) is 5.75 Å². The maximum absolute atomic E-state index is 13.2. The van der Waals surface area contributed by atoms with Crippen molar-refractivity contribution < 1.29 is 32.2 Å². The predicted octanol–water partition coefficient (Wildman–Crippen LogP) is 3.78. The summed E-state index contributed by atoms with van der Waals surface area (Å²) in [5.74, 6) is 1.24. The third-order valence-corrected chi connectivity index (χ3v) is 9.21. The van der Waals surface area contributed by atoms with Crippen LogP contribution in [-0.2, 0) is 24.2 Å². The van der Waals surface area contributed by atoms with Crippen LogP contribution in [0, 0.1) is 17.8 Å². The Bertz CT molecular complexity index is 969. The third-order valence-electron chi connectivity index (χ3n) is 7.33. The molecule has 3 fully saturated rings. The van der Waals surface area contributed by atoms with Gasteiger partial charge in [0.15, 0.2) is 6.29 Å². The van der Waals surface area contributed by atoms with Gasteiger partial charge in [-0.3, -0.25) is 0 Å². The van der Waals surface area contributed by atoms with Crippen molar-refractivity contribution in [2.45, 2.75) is 75.8 Å². The molecule has 1 aromatic rings. The zero-order valence-electron chi connectivity index (χ0n) is 21.6. The highest BCUT2D eigenvalue weighted by Crippen LogP contribution is 2.46. The lowest BCUT2D eigenvalue weighted by Gasteiger charge is -2.35. The summed E-state index contributed by atoms with van der Waals surface area (Å²) >= 11 is 0. The predicted molar refractivity (Wildman–Crippen MR) is 134 cm³/mol. The topological polar surface area (TPSA) is 103 Å². The molecule has 0 aromatic heterocycles. The molecule has 202 valence electrons. The van der Waals surface area contributed by atoms with E-state index in [4.69, 9.17) is 18.9 Å². The summed E-state index contributed by atoms with van der Waals surface area (Å²) in [5, 5.41) is 2.83. The zero-order valence-corrected chi connectivity index (χ0v) is 22.4. The van der Waals surface area contributed by atoms with Crippen molar-refractivity contribution in [2.75, 3.05) is 33.4 Å². The number of hydrogen-bond donors (Lipinski definition) is 1. The highest BCUT2D eigenvalue weighted by Gasteiger charge is 2.52. The minimum atomic E-state index is -3.66. The fourth-order valence-electron chi connectivity index (χ4n) is 5.70. The van der Waals surface area contributed by atoms with Crippen LogP contribution >= 0.6 is 0 Å². The fourth-order valence-corrected chi connectivity index (χ4v) is 7.34. The van der Waals surface area contributed by atoms with Crippen molar-refractivity contribution in [1.29, 1.82) is 0 Å². The summed E-state index contributed by atoms with van der Waals surface area (Å²) in [6.07, 6.45) is 4.63. The standard InChI is InChI=1S/C26H40N2O7S/c1-18(2)17-28(36(30,31)20-12-10-19(32-3)11-13-20)15-6-14-27-26(29)35-23-9-4-8-22-24(23)21-7-5-16-33-25(21)34-22/h10-13,18,21-25H,4-9,14-17H2,1-3H3,(H,27,29). The van der Waals surface area contributed by atoms with Crippen LogP contribution in [0.1, 0.15) is 52.4 Å². The molecule has 2 heterocycles. The Morgan fingerprint density at radius 3 is 2.67 bits per heavy atom. The molecule has 4 rings (SSSR count). The monoisotopic (exact) mass is 524 g/mol. The van der Waals surface area contributed by atoms with Gasteiger partial charge in [0.1, 0.15) is 11.9 Å². The van der Waals surface area contributed by atoms with Crippen LogP contribution in [0.15, 0.2) is 29.2 Å². The fraction of sp³-hybridized carbons (Fsp3) is 0.731. The minimum absolute atomic E-state index is 0.0948. The van der Waals surface area contributed by atoms with Crippen LogP contribution in [0.25, 0.3) is 0 Å². The SMILES string of the molecule is COc1ccc(S(=O)(=O)N(CCCNC(=O)OC2CCCC3OC4OCCCC4C23)CC(C)C)cc1. The number of amides is 1. The van der Waals surface area contributed by atoms with Gasteiger partial charge < -0.3 is 24.3 Å². The molecule has 10 heteroatoms. The van der Waals surface area contributed by atoms with Crippen molar-refractivity contribution in [3.05, 3.63) is 24.3 Å². The summed E-state index contributed by atoms with van der Waals surface area (Å²) in [7, 11) is -2.11. The van der Waals surface area contributed by atoms with Crippen LogP contribution < -0.4 is 10.1 Å². The van der Waals surface area contributed by atoms with Gasteiger partial charge in [0, 0.05) is 38.1 Å². The van der Waals surface area contributed by atoms with Gasteiger partial charge >= 0.3 is 6.09 Å². The summed E-state index contributed by atoms with van der Waals surface area (Å²) in [4.78, 5) is 12.8. The molecule has 1 aromatic carbocycles. The number of carbonyl (C=O) groups is 1. The zero-order chi connectivity index (χ0) is 25.7. The number of benzene rings is 1. The van der Waals surface area contributed by atoms with E-state index in [-0.39, 0.29) is 41.1 Å². The van der Waals surface area contributed by atoms with E-state index >= 15 is 0 Å². The van der Waals surface area contributed by atoms with E-state index < -0.39 is 16.1 Å². The molecule has 9 nitrogen and oxygen atoms in total. The smallest absolute Gasteiger partial charge is 0.407 e. The highest BCUT2D eigenvalue weighted by molar-refractivity contribution is 7.89. The van der Waals surface area contributed by atoms with Crippen molar-refractivity contribution >= 4 is 16.1 Å². The highest BCUT2D eigenvalue weighted by atomic mass is 32.2. The Labute approximate surface area is 214 Å². The molecule has 1 amide bonds. The van der Waals surface area contributed by atoms with Gasteiger partial charge in [0.2, 0.25) is 10.0 Å². The van der Waals surface area contributed by atoms with E-state index in [9.17, 15) is 13.2 Å². The van der Waals surface area contributed by atoms with E-state index in [2.05, 4.69) is 5.32 Å². The van der Waals surface area contributed by atoms with Crippen LogP contribution in [-0.4, -0.2) is 70.7 Å². The molecular weight excluding hydrogens is 484 g/mol. The number of carbonyl (C=O) groups excluding carboxylic acids is 1. The normalized spacial score (nSPS) is 28.0. The van der Waals surface area contributed by atoms with Crippen LogP contribution in [0.5, 0.6) is 5.75 Å². The minimum Gasteiger partial charge on any atom is -0.497 e. The molecule has 0 radical (unpaired) electrons. The molecule has 3 aliphatic rings. The molecule has 1 aliphatic carbocycles. The lowest BCUT2D eigenvalue weighted by Crippen LogP contribution is -2.43. The number of alkyl carbamates (subject to hydrolysis) is 1. The first-order valence-electron chi connectivity index (χ1n) is 13.2. The molecule has 2 aliphatic heterocycles. The van der Waals surface area contributed by atoms with Gasteiger partial charge in [0.25, 0.3) is 0 Å². The Morgan fingerprint density at radius 2 is 1.94 bits per heavy atom. The molecule has 1 N–H and O–H groups in total. The number of rotatable bonds is 10. The van der Waals surface area contributed by atoms with Crippen molar-refractivity contribution in [3.63, 3.8) is 0 Å². The Balaban J connectivity index is 1.28. The Hall–Kier alpha value is -1.88. The third kappa shape index (κ3) is 6.33. The quantitative estimate of drug-likeness (QED) is 0.465. The Kier molecular flexibility index (Phi) is 9.14. The lowest BCUT2D eigenvalue weighted by molar-refractivity contribution is -0.167. The molecule has 5 unspecified atom stereocenters. The van der Waals surface area contributed by atoms with Gasteiger partial charge in [-0.05, 0) is 68.7 Å². The van der Waals surface area contributed by atoms with Gasteiger partial charge in [-0.15, -0.1) is 0 Å². The Morgan fingerprint density at radius 1 is 1.17 bits per heavy atom. The molecular formula is C26H40N2O7S. The molecule has 1 saturated carbocycles. The molecule has 0 spiro atoms. The summed E-state index contributed by atoms with van der Waals surface area (Å²) in [5.41, 5.74) is 0. The summed E-state index contributed by atoms with van der Waals surface area (Å²) in [6.45, 7) is 5.73. The summed E-state index contributed by atoms with van der Waals surface area (Å²) < 4.78 is 50.9. The van der Waals surface area contributed by atoms with Gasteiger partial charge in [-0.2, -0.15) is 4.31 Å². The average Bonchev–Trinajstić information content (AvgIpc) is 3.25. The summed E-state index contributed by atoms with van der Waals surface area (Å²) in [6, 6.07) is 6.40. The second-order valence-corrected chi connectivity index (χ2v) is 12.3. The van der Waals surface area contributed by atoms with Crippen LogP contribution in [0.3, 0.4) is 0 Å².